The van der Waals surface area contributed by atoms with Crippen molar-refractivity contribution in [1.29, 1.82) is 0 Å². The standard InChI is InChI=1S/C16H29NO/c1-14(2,3)16(15(4,5)6)10-13(18)17-12(16)9-11-7-8-11/h11-12H,7-10H2,1-6H3,(H,17,18). The second kappa shape index (κ2) is 3.98. The van der Waals surface area contributed by atoms with E-state index in [0.717, 1.165) is 5.92 Å². The number of nitrogens with one attached hydrogen (secondary N) is 1. The fourth-order valence-corrected chi connectivity index (χ4v) is 4.39. The molecule has 0 aromatic rings. The number of amides is 1. The van der Waals surface area contributed by atoms with Gasteiger partial charge >= 0.3 is 0 Å². The molecule has 2 heteroatoms. The smallest absolute Gasteiger partial charge is 0.220 e. The topological polar surface area (TPSA) is 29.1 Å². The third kappa shape index (κ3) is 2.08. The lowest BCUT2D eigenvalue weighted by molar-refractivity contribution is -0.121. The van der Waals surface area contributed by atoms with Crippen molar-refractivity contribution in [1.82, 2.24) is 5.32 Å². The van der Waals surface area contributed by atoms with Crippen LogP contribution in [-0.2, 0) is 4.79 Å². The fourth-order valence-electron chi connectivity index (χ4n) is 4.39. The fraction of sp³-hybridized carbons (Fsp3) is 0.938. The molecule has 1 aliphatic carbocycles. The normalized spacial score (nSPS) is 28.3. The van der Waals surface area contributed by atoms with Gasteiger partial charge in [0.05, 0.1) is 0 Å². The zero-order chi connectivity index (χ0) is 13.8. The van der Waals surface area contributed by atoms with Crippen LogP contribution in [-0.4, -0.2) is 11.9 Å². The van der Waals surface area contributed by atoms with Crippen LogP contribution in [0.1, 0.15) is 67.2 Å². The van der Waals surface area contributed by atoms with E-state index in [0.29, 0.717) is 12.5 Å². The molecule has 1 saturated carbocycles. The highest BCUT2D eigenvalue weighted by Gasteiger charge is 2.60. The average molecular weight is 251 g/mol. The zero-order valence-electron chi connectivity index (χ0n) is 12.9. The Hall–Kier alpha value is -0.530. The van der Waals surface area contributed by atoms with E-state index in [-0.39, 0.29) is 22.2 Å². The van der Waals surface area contributed by atoms with Gasteiger partial charge < -0.3 is 5.32 Å². The van der Waals surface area contributed by atoms with Crippen LogP contribution in [0.5, 0.6) is 0 Å². The van der Waals surface area contributed by atoms with Crippen LogP contribution < -0.4 is 5.32 Å². The highest BCUT2D eigenvalue weighted by Crippen LogP contribution is 2.60. The van der Waals surface area contributed by atoms with Gasteiger partial charge in [-0.3, -0.25) is 4.79 Å². The molecule has 1 unspecified atom stereocenters. The van der Waals surface area contributed by atoms with E-state index >= 15 is 0 Å². The average Bonchev–Trinajstić information content (AvgIpc) is 2.85. The molecule has 2 fully saturated rings. The molecular weight excluding hydrogens is 222 g/mol. The first-order valence-corrected chi connectivity index (χ1v) is 7.37. The Morgan fingerprint density at radius 3 is 2.00 bits per heavy atom. The molecule has 0 radical (unpaired) electrons. The molecule has 1 heterocycles. The minimum Gasteiger partial charge on any atom is -0.353 e. The summed E-state index contributed by atoms with van der Waals surface area (Å²) in [6, 6.07) is 0.359. The number of hydrogen-bond donors (Lipinski definition) is 1. The summed E-state index contributed by atoms with van der Waals surface area (Å²) in [5.41, 5.74) is 0.355. The van der Waals surface area contributed by atoms with Crippen LogP contribution in [0.4, 0.5) is 0 Å². The van der Waals surface area contributed by atoms with E-state index in [1.54, 1.807) is 0 Å². The van der Waals surface area contributed by atoms with E-state index in [1.165, 1.54) is 19.3 Å². The highest BCUT2D eigenvalue weighted by molar-refractivity contribution is 5.80. The van der Waals surface area contributed by atoms with E-state index in [2.05, 4.69) is 46.9 Å². The predicted octanol–water partition coefficient (Wildman–Crippen LogP) is 3.75. The number of hydrogen-bond acceptors (Lipinski definition) is 1. The molecule has 2 rings (SSSR count). The van der Waals surface area contributed by atoms with E-state index in [1.807, 2.05) is 0 Å². The van der Waals surface area contributed by atoms with Crippen LogP contribution in [0.2, 0.25) is 0 Å². The first kappa shape index (κ1) is 13.9. The first-order chi connectivity index (χ1) is 8.08. The minimum atomic E-state index is 0.0691. The summed E-state index contributed by atoms with van der Waals surface area (Å²) < 4.78 is 0. The third-order valence-corrected chi connectivity index (χ3v) is 5.31. The van der Waals surface area contributed by atoms with Crippen molar-refractivity contribution in [3.63, 3.8) is 0 Å². The van der Waals surface area contributed by atoms with Gasteiger partial charge in [0.25, 0.3) is 0 Å². The second-order valence-corrected chi connectivity index (χ2v) is 8.45. The van der Waals surface area contributed by atoms with Crippen LogP contribution in [0.15, 0.2) is 0 Å². The van der Waals surface area contributed by atoms with Gasteiger partial charge in [0.1, 0.15) is 0 Å². The molecule has 18 heavy (non-hydrogen) atoms. The summed E-state index contributed by atoms with van der Waals surface area (Å²) in [6.07, 6.45) is 4.59. The quantitative estimate of drug-likeness (QED) is 0.795. The molecule has 0 spiro atoms. The van der Waals surface area contributed by atoms with Crippen molar-refractivity contribution < 1.29 is 4.79 Å². The van der Waals surface area contributed by atoms with Gasteiger partial charge in [-0.25, -0.2) is 0 Å². The largest absolute Gasteiger partial charge is 0.353 e. The van der Waals surface area contributed by atoms with Gasteiger partial charge in [0, 0.05) is 17.9 Å². The van der Waals surface area contributed by atoms with Gasteiger partial charge in [-0.05, 0) is 23.2 Å². The molecule has 2 nitrogen and oxygen atoms in total. The number of carbonyl (C=O) groups excluding carboxylic acids is 1. The van der Waals surface area contributed by atoms with Crippen LogP contribution >= 0.6 is 0 Å². The zero-order valence-corrected chi connectivity index (χ0v) is 12.9. The molecule has 2 aliphatic rings. The molecule has 1 atom stereocenters. The van der Waals surface area contributed by atoms with Crippen LogP contribution in [0.25, 0.3) is 0 Å². The molecule has 1 N–H and O–H groups in total. The summed E-state index contributed by atoms with van der Waals surface area (Å²) in [5, 5.41) is 3.29. The molecule has 0 bridgehead atoms. The Bertz CT molecular complexity index is 327. The maximum atomic E-state index is 12.1. The van der Waals surface area contributed by atoms with Crippen molar-refractivity contribution in [2.45, 2.75) is 73.3 Å². The molecule has 1 saturated heterocycles. The summed E-state index contributed by atoms with van der Waals surface area (Å²) in [5.74, 6) is 1.11. The Morgan fingerprint density at radius 2 is 1.61 bits per heavy atom. The first-order valence-electron chi connectivity index (χ1n) is 7.37. The lowest BCUT2D eigenvalue weighted by atomic mass is 9.50. The Kier molecular flexibility index (Phi) is 3.07. The number of carbonyl (C=O) groups is 1. The summed E-state index contributed by atoms with van der Waals surface area (Å²) >= 11 is 0. The van der Waals surface area contributed by atoms with Gasteiger partial charge in [0.15, 0.2) is 0 Å². The third-order valence-electron chi connectivity index (χ3n) is 5.31. The Morgan fingerprint density at radius 1 is 1.11 bits per heavy atom. The summed E-state index contributed by atoms with van der Waals surface area (Å²) in [4.78, 5) is 12.1. The number of rotatable bonds is 2. The Balaban J connectivity index is 2.39. The monoisotopic (exact) mass is 251 g/mol. The molecule has 104 valence electrons. The Labute approximate surface area is 112 Å². The minimum absolute atomic E-state index is 0.0691. The maximum absolute atomic E-state index is 12.1. The molecule has 0 aromatic heterocycles. The van der Waals surface area contributed by atoms with E-state index in [4.69, 9.17) is 0 Å². The summed E-state index contributed by atoms with van der Waals surface area (Å²) in [7, 11) is 0. The van der Waals surface area contributed by atoms with Crippen molar-refractivity contribution in [2.75, 3.05) is 0 Å². The second-order valence-electron chi connectivity index (χ2n) is 8.45. The van der Waals surface area contributed by atoms with Gasteiger partial charge in [0.2, 0.25) is 5.91 Å². The predicted molar refractivity (Wildman–Crippen MR) is 75.2 cm³/mol. The van der Waals surface area contributed by atoms with Crippen molar-refractivity contribution in [2.24, 2.45) is 22.2 Å². The molecule has 0 aromatic carbocycles. The van der Waals surface area contributed by atoms with E-state index in [9.17, 15) is 4.79 Å². The van der Waals surface area contributed by atoms with Crippen LogP contribution in [0.3, 0.4) is 0 Å². The summed E-state index contributed by atoms with van der Waals surface area (Å²) in [6.45, 7) is 13.8. The lowest BCUT2D eigenvalue weighted by Crippen LogP contribution is -2.54. The van der Waals surface area contributed by atoms with E-state index < -0.39 is 0 Å². The molecular formula is C16H29NO. The van der Waals surface area contributed by atoms with Crippen molar-refractivity contribution in [3.05, 3.63) is 0 Å². The van der Waals surface area contributed by atoms with Gasteiger partial charge in [-0.2, -0.15) is 0 Å². The van der Waals surface area contributed by atoms with Crippen molar-refractivity contribution in [3.8, 4) is 0 Å². The van der Waals surface area contributed by atoms with Gasteiger partial charge in [-0.15, -0.1) is 0 Å². The SMILES string of the molecule is CC(C)(C)C1(C(C)(C)C)CC(=O)NC1CC1CC1. The van der Waals surface area contributed by atoms with Gasteiger partial charge in [-0.1, -0.05) is 54.4 Å². The maximum Gasteiger partial charge on any atom is 0.220 e. The molecule has 1 amide bonds. The molecule has 1 aliphatic heterocycles. The lowest BCUT2D eigenvalue weighted by Gasteiger charge is -2.54. The van der Waals surface area contributed by atoms with Crippen molar-refractivity contribution >= 4 is 5.91 Å². The highest BCUT2D eigenvalue weighted by atomic mass is 16.2. The van der Waals surface area contributed by atoms with Crippen LogP contribution in [0, 0.1) is 22.2 Å².